The van der Waals surface area contributed by atoms with Gasteiger partial charge in [0.05, 0.1) is 9.92 Å². The molecule has 0 aliphatic rings. The van der Waals surface area contributed by atoms with Gasteiger partial charge in [0.1, 0.15) is 0 Å². The normalized spacial score (nSPS) is 11.7. The van der Waals surface area contributed by atoms with E-state index in [1.807, 2.05) is 0 Å². The minimum absolute atomic E-state index is 0.227. The Hall–Kier alpha value is -0.100. The van der Waals surface area contributed by atoms with Crippen molar-refractivity contribution in [2.24, 2.45) is 0 Å². The summed E-state index contributed by atoms with van der Waals surface area (Å²) in [5, 5.41) is 0.495. The molecular weight excluding hydrogens is 326 g/mol. The van der Waals surface area contributed by atoms with Gasteiger partial charge in [-0.1, -0.05) is 31.4 Å². The number of benzene rings is 1. The van der Waals surface area contributed by atoms with E-state index < -0.39 is 10.0 Å². The fourth-order valence-corrected chi connectivity index (χ4v) is 3.06. The van der Waals surface area contributed by atoms with Gasteiger partial charge in [0.15, 0.2) is 0 Å². The van der Waals surface area contributed by atoms with E-state index in [9.17, 15) is 8.42 Å². The van der Waals surface area contributed by atoms with Gasteiger partial charge in [-0.3, -0.25) is 0 Å². The number of nitrogens with one attached hydrogen (secondary N) is 1. The lowest BCUT2D eigenvalue weighted by atomic mass is 10.3. The van der Waals surface area contributed by atoms with Crippen molar-refractivity contribution in [1.82, 2.24) is 4.72 Å². The molecule has 17 heavy (non-hydrogen) atoms. The first kappa shape index (κ1) is 15.0. The topological polar surface area (TPSA) is 46.2 Å². The molecule has 0 aliphatic heterocycles. The van der Waals surface area contributed by atoms with Crippen LogP contribution in [0.15, 0.2) is 27.6 Å². The zero-order chi connectivity index (χ0) is 12.9. The SMILES string of the molecule is CCCCCNS(=O)(=O)c1ccc(Cl)c(Br)c1. The molecule has 0 fully saturated rings. The summed E-state index contributed by atoms with van der Waals surface area (Å²) in [4.78, 5) is 0.227. The summed E-state index contributed by atoms with van der Waals surface area (Å²) in [5.74, 6) is 0. The Bertz CT molecular complexity index is 476. The van der Waals surface area contributed by atoms with Crippen molar-refractivity contribution < 1.29 is 8.42 Å². The number of rotatable bonds is 6. The molecule has 0 saturated carbocycles. The van der Waals surface area contributed by atoms with Crippen LogP contribution in [-0.4, -0.2) is 15.0 Å². The Kier molecular flexibility index (Phi) is 5.92. The molecule has 1 rings (SSSR count). The van der Waals surface area contributed by atoms with Gasteiger partial charge in [-0.15, -0.1) is 0 Å². The number of halogens is 2. The predicted octanol–water partition coefficient (Wildman–Crippen LogP) is 3.57. The average molecular weight is 341 g/mol. The smallest absolute Gasteiger partial charge is 0.211 e. The second-order valence-electron chi connectivity index (χ2n) is 3.68. The lowest BCUT2D eigenvalue weighted by Crippen LogP contribution is -2.24. The molecule has 0 aromatic heterocycles. The second-order valence-corrected chi connectivity index (χ2v) is 6.71. The van der Waals surface area contributed by atoms with E-state index in [0.717, 1.165) is 19.3 Å². The first-order valence-electron chi connectivity index (χ1n) is 5.42. The van der Waals surface area contributed by atoms with E-state index in [4.69, 9.17) is 11.6 Å². The first-order valence-corrected chi connectivity index (χ1v) is 8.07. The van der Waals surface area contributed by atoms with Gasteiger partial charge < -0.3 is 0 Å². The van der Waals surface area contributed by atoms with Crippen LogP contribution in [0.5, 0.6) is 0 Å². The highest BCUT2D eigenvalue weighted by Gasteiger charge is 2.14. The van der Waals surface area contributed by atoms with Gasteiger partial charge in [0.25, 0.3) is 0 Å². The van der Waals surface area contributed by atoms with Crippen molar-refractivity contribution in [1.29, 1.82) is 0 Å². The maximum absolute atomic E-state index is 11.9. The molecule has 1 aromatic carbocycles. The summed E-state index contributed by atoms with van der Waals surface area (Å²) in [6.07, 6.45) is 2.94. The summed E-state index contributed by atoms with van der Waals surface area (Å²) >= 11 is 9.02. The molecule has 96 valence electrons. The molecule has 3 nitrogen and oxygen atoms in total. The molecule has 1 aromatic rings. The third-order valence-corrected chi connectivity index (χ3v) is 4.95. The van der Waals surface area contributed by atoms with Crippen molar-refractivity contribution in [2.45, 2.75) is 31.1 Å². The zero-order valence-corrected chi connectivity index (χ0v) is 12.7. The highest BCUT2D eigenvalue weighted by Crippen LogP contribution is 2.25. The largest absolute Gasteiger partial charge is 0.240 e. The maximum Gasteiger partial charge on any atom is 0.240 e. The quantitative estimate of drug-likeness (QED) is 0.805. The molecule has 0 bridgehead atoms. The van der Waals surface area contributed by atoms with E-state index in [2.05, 4.69) is 27.6 Å². The van der Waals surface area contributed by atoms with E-state index >= 15 is 0 Å². The Balaban J connectivity index is 2.72. The van der Waals surface area contributed by atoms with Crippen LogP contribution < -0.4 is 4.72 Å². The molecule has 0 spiro atoms. The van der Waals surface area contributed by atoms with E-state index in [0.29, 0.717) is 16.0 Å². The van der Waals surface area contributed by atoms with Crippen LogP contribution in [0.3, 0.4) is 0 Å². The minimum Gasteiger partial charge on any atom is -0.211 e. The molecule has 0 unspecified atom stereocenters. The van der Waals surface area contributed by atoms with Crippen molar-refractivity contribution in [3.63, 3.8) is 0 Å². The fourth-order valence-electron chi connectivity index (χ4n) is 1.31. The van der Waals surface area contributed by atoms with Crippen molar-refractivity contribution in [2.75, 3.05) is 6.54 Å². The van der Waals surface area contributed by atoms with Gasteiger partial charge in [-0.2, -0.15) is 0 Å². The standard InChI is InChI=1S/C11H15BrClNO2S/c1-2-3-4-7-14-17(15,16)9-5-6-11(13)10(12)8-9/h5-6,8,14H,2-4,7H2,1H3. The summed E-state index contributed by atoms with van der Waals surface area (Å²) < 4.78 is 26.9. The molecule has 0 radical (unpaired) electrons. The minimum atomic E-state index is -3.42. The summed E-state index contributed by atoms with van der Waals surface area (Å²) in [6, 6.07) is 4.56. The van der Waals surface area contributed by atoms with E-state index in [1.165, 1.54) is 12.1 Å². The third-order valence-electron chi connectivity index (χ3n) is 2.27. The predicted molar refractivity (Wildman–Crippen MR) is 73.9 cm³/mol. The Morgan fingerprint density at radius 1 is 1.35 bits per heavy atom. The van der Waals surface area contributed by atoms with Crippen LogP contribution in [-0.2, 0) is 10.0 Å². The van der Waals surface area contributed by atoms with Crippen molar-refractivity contribution >= 4 is 37.6 Å². The van der Waals surface area contributed by atoms with Gasteiger partial charge in [-0.25, -0.2) is 13.1 Å². The molecule has 0 saturated heterocycles. The van der Waals surface area contributed by atoms with Crippen molar-refractivity contribution in [3.05, 3.63) is 27.7 Å². The number of sulfonamides is 1. The van der Waals surface area contributed by atoms with Gasteiger partial charge in [0, 0.05) is 11.0 Å². The third kappa shape index (κ3) is 4.58. The fraction of sp³-hybridized carbons (Fsp3) is 0.455. The number of hydrogen-bond acceptors (Lipinski definition) is 2. The van der Waals surface area contributed by atoms with Crippen LogP contribution in [0.25, 0.3) is 0 Å². The lowest BCUT2D eigenvalue weighted by molar-refractivity contribution is 0.576. The van der Waals surface area contributed by atoms with Gasteiger partial charge in [-0.05, 0) is 40.5 Å². The summed E-state index contributed by atoms with van der Waals surface area (Å²) in [6.45, 7) is 2.54. The average Bonchev–Trinajstić information content (AvgIpc) is 2.28. The van der Waals surface area contributed by atoms with Crippen molar-refractivity contribution in [3.8, 4) is 0 Å². The Morgan fingerprint density at radius 2 is 2.06 bits per heavy atom. The first-order chi connectivity index (χ1) is 7.97. The van der Waals surface area contributed by atoms with Crippen LogP contribution >= 0.6 is 27.5 Å². The zero-order valence-electron chi connectivity index (χ0n) is 9.54. The molecule has 0 amide bonds. The lowest BCUT2D eigenvalue weighted by Gasteiger charge is -2.07. The molecule has 1 N–H and O–H groups in total. The maximum atomic E-state index is 11.9. The monoisotopic (exact) mass is 339 g/mol. The summed E-state index contributed by atoms with van der Waals surface area (Å²) in [7, 11) is -3.42. The van der Waals surface area contributed by atoms with Gasteiger partial charge >= 0.3 is 0 Å². The van der Waals surface area contributed by atoms with E-state index in [1.54, 1.807) is 6.07 Å². The Labute approximate surface area is 116 Å². The molecule has 6 heteroatoms. The highest BCUT2D eigenvalue weighted by atomic mass is 79.9. The van der Waals surface area contributed by atoms with E-state index in [-0.39, 0.29) is 4.90 Å². The van der Waals surface area contributed by atoms with Crippen LogP contribution in [0.4, 0.5) is 0 Å². The van der Waals surface area contributed by atoms with Gasteiger partial charge in [0.2, 0.25) is 10.0 Å². The molecule has 0 atom stereocenters. The summed E-state index contributed by atoms with van der Waals surface area (Å²) in [5.41, 5.74) is 0. The van der Waals surface area contributed by atoms with Crippen LogP contribution in [0.1, 0.15) is 26.2 Å². The Morgan fingerprint density at radius 3 is 2.65 bits per heavy atom. The highest BCUT2D eigenvalue weighted by molar-refractivity contribution is 9.10. The van der Waals surface area contributed by atoms with Crippen LogP contribution in [0.2, 0.25) is 5.02 Å². The number of unbranched alkanes of at least 4 members (excludes halogenated alkanes) is 2. The number of hydrogen-bond donors (Lipinski definition) is 1. The second kappa shape index (κ2) is 6.73. The molecule has 0 aliphatic carbocycles. The molecular formula is C11H15BrClNO2S. The van der Waals surface area contributed by atoms with Crippen LogP contribution in [0, 0.1) is 0 Å². The molecule has 0 heterocycles.